The van der Waals surface area contributed by atoms with E-state index in [0.717, 1.165) is 12.1 Å². The molecule has 4 heterocycles. The molecule has 3 aromatic rings. The average Bonchev–Trinajstić information content (AvgIpc) is 3.39. The van der Waals surface area contributed by atoms with Crippen LogP contribution in [0, 0.1) is 12.8 Å². The van der Waals surface area contributed by atoms with E-state index in [2.05, 4.69) is 15.2 Å². The number of hydrogen-bond donors (Lipinski definition) is 1. The predicted molar refractivity (Wildman–Crippen MR) is 115 cm³/mol. The number of amides is 1. The Labute approximate surface area is 180 Å². The lowest BCUT2D eigenvalue weighted by Crippen LogP contribution is -2.40. The van der Waals surface area contributed by atoms with Crippen molar-refractivity contribution < 1.29 is 9.59 Å². The highest BCUT2D eigenvalue weighted by molar-refractivity contribution is 5.97. The van der Waals surface area contributed by atoms with Gasteiger partial charge in [0.25, 0.3) is 5.56 Å². The Balaban J connectivity index is 1.25. The van der Waals surface area contributed by atoms with Gasteiger partial charge in [-0.15, -0.1) is 0 Å². The third-order valence-corrected chi connectivity index (χ3v) is 5.92. The molecule has 164 valence electrons. The van der Waals surface area contributed by atoms with Gasteiger partial charge in [0.15, 0.2) is 5.78 Å². The molecule has 1 aliphatic rings. The van der Waals surface area contributed by atoms with Crippen molar-refractivity contribution in [3.05, 3.63) is 52.0 Å². The zero-order valence-electron chi connectivity index (χ0n) is 18.0. The minimum absolute atomic E-state index is 0.0513. The maximum Gasteiger partial charge on any atom is 0.275 e. The molecule has 0 radical (unpaired) electrons. The number of H-pyrrole nitrogens is 1. The quantitative estimate of drug-likeness (QED) is 0.584. The van der Waals surface area contributed by atoms with Crippen molar-refractivity contribution in [1.29, 1.82) is 0 Å². The summed E-state index contributed by atoms with van der Waals surface area (Å²) in [7, 11) is 0. The number of aromatic amines is 1. The lowest BCUT2D eigenvalue weighted by Gasteiger charge is -2.31. The van der Waals surface area contributed by atoms with Crippen molar-refractivity contribution in [3.8, 4) is 0 Å². The summed E-state index contributed by atoms with van der Waals surface area (Å²) in [5, 5.41) is 8.60. The summed E-state index contributed by atoms with van der Waals surface area (Å²) in [6.45, 7) is 5.84. The highest BCUT2D eigenvalue weighted by atomic mass is 16.2. The monoisotopic (exact) mass is 424 g/mol. The molecule has 9 heteroatoms. The van der Waals surface area contributed by atoms with Crippen LogP contribution in [0.3, 0.4) is 0 Å². The minimum Gasteiger partial charge on any atom is -0.343 e. The van der Waals surface area contributed by atoms with E-state index in [-0.39, 0.29) is 23.2 Å². The lowest BCUT2D eigenvalue weighted by molar-refractivity contribution is -0.132. The van der Waals surface area contributed by atoms with Crippen LogP contribution in [0.25, 0.3) is 5.52 Å². The molecule has 31 heavy (non-hydrogen) atoms. The summed E-state index contributed by atoms with van der Waals surface area (Å²) in [5.41, 5.74) is 1.99. The SMILES string of the molecule is CCn1cc(C(=O)C2CCN(C(=O)CCCc3nn4cc(C)cc4c(=O)[nH]3)CC2)cn1. The molecule has 4 rings (SSSR count). The lowest BCUT2D eigenvalue weighted by atomic mass is 9.90. The van der Waals surface area contributed by atoms with Crippen molar-refractivity contribution in [3.63, 3.8) is 0 Å². The Hall–Kier alpha value is -3.23. The number of rotatable bonds is 7. The Morgan fingerprint density at radius 1 is 1.23 bits per heavy atom. The molecule has 0 atom stereocenters. The van der Waals surface area contributed by atoms with Crippen LogP contribution >= 0.6 is 0 Å². The zero-order valence-corrected chi connectivity index (χ0v) is 18.0. The van der Waals surface area contributed by atoms with Crippen molar-refractivity contribution in [2.24, 2.45) is 5.92 Å². The van der Waals surface area contributed by atoms with Crippen LogP contribution in [0.4, 0.5) is 0 Å². The second-order valence-electron chi connectivity index (χ2n) is 8.21. The molecule has 0 aromatic carbocycles. The van der Waals surface area contributed by atoms with Crippen molar-refractivity contribution in [1.82, 2.24) is 29.3 Å². The van der Waals surface area contributed by atoms with Gasteiger partial charge in [0, 0.05) is 50.8 Å². The van der Waals surface area contributed by atoms with E-state index in [1.165, 1.54) is 0 Å². The topological polar surface area (TPSA) is 105 Å². The Bertz CT molecular complexity index is 1150. The number of nitrogens with zero attached hydrogens (tertiary/aromatic N) is 5. The minimum atomic E-state index is -0.166. The summed E-state index contributed by atoms with van der Waals surface area (Å²) in [6, 6.07) is 1.80. The number of likely N-dealkylation sites (tertiary alicyclic amines) is 1. The third kappa shape index (κ3) is 4.60. The average molecular weight is 425 g/mol. The van der Waals surface area contributed by atoms with Gasteiger partial charge in [-0.2, -0.15) is 10.2 Å². The summed E-state index contributed by atoms with van der Waals surface area (Å²) in [5.74, 6) is 0.741. The molecule has 1 amide bonds. The molecule has 1 N–H and O–H groups in total. The summed E-state index contributed by atoms with van der Waals surface area (Å²) >= 11 is 0. The zero-order chi connectivity index (χ0) is 22.0. The highest BCUT2D eigenvalue weighted by Crippen LogP contribution is 2.22. The number of fused-ring (bicyclic) bond motifs is 1. The van der Waals surface area contributed by atoms with Crippen LogP contribution in [0.15, 0.2) is 29.5 Å². The second kappa shape index (κ2) is 8.87. The first kappa shape index (κ1) is 21.0. The van der Waals surface area contributed by atoms with Gasteiger partial charge in [-0.3, -0.25) is 19.1 Å². The van der Waals surface area contributed by atoms with Gasteiger partial charge in [0.05, 0.1) is 11.8 Å². The molecule has 0 bridgehead atoms. The molecule has 0 unspecified atom stereocenters. The van der Waals surface area contributed by atoms with E-state index in [0.29, 0.717) is 62.1 Å². The first-order valence-electron chi connectivity index (χ1n) is 10.9. The molecule has 0 aliphatic carbocycles. The van der Waals surface area contributed by atoms with Crippen molar-refractivity contribution >= 4 is 17.2 Å². The van der Waals surface area contributed by atoms with Gasteiger partial charge in [-0.1, -0.05) is 0 Å². The van der Waals surface area contributed by atoms with E-state index in [1.807, 2.05) is 24.9 Å². The molecule has 0 saturated carbocycles. The fourth-order valence-electron chi connectivity index (χ4n) is 4.15. The summed E-state index contributed by atoms with van der Waals surface area (Å²) in [4.78, 5) is 42.0. The number of hydrogen-bond acceptors (Lipinski definition) is 5. The predicted octanol–water partition coefficient (Wildman–Crippen LogP) is 1.99. The molecular weight excluding hydrogens is 396 g/mol. The maximum absolute atomic E-state index is 12.7. The number of carbonyl (C=O) groups is 2. The maximum atomic E-state index is 12.7. The first-order chi connectivity index (χ1) is 14.9. The van der Waals surface area contributed by atoms with Gasteiger partial charge < -0.3 is 9.88 Å². The van der Waals surface area contributed by atoms with Gasteiger partial charge in [-0.05, 0) is 44.7 Å². The Kier molecular flexibility index (Phi) is 6.01. The van der Waals surface area contributed by atoms with Crippen molar-refractivity contribution in [2.45, 2.75) is 52.5 Å². The van der Waals surface area contributed by atoms with Crippen LogP contribution in [0.1, 0.15) is 54.4 Å². The number of Topliss-reactive ketones (excluding diaryl/α,β-unsaturated/α-hetero) is 1. The number of piperidine rings is 1. The Morgan fingerprint density at radius 3 is 2.71 bits per heavy atom. The van der Waals surface area contributed by atoms with E-state index in [1.54, 1.807) is 27.7 Å². The van der Waals surface area contributed by atoms with Crippen LogP contribution in [0.5, 0.6) is 0 Å². The smallest absolute Gasteiger partial charge is 0.275 e. The first-order valence-corrected chi connectivity index (χ1v) is 10.9. The van der Waals surface area contributed by atoms with Gasteiger partial charge in [0.1, 0.15) is 11.3 Å². The van der Waals surface area contributed by atoms with Crippen LogP contribution in [0.2, 0.25) is 0 Å². The second-order valence-corrected chi connectivity index (χ2v) is 8.21. The number of carbonyl (C=O) groups excluding carboxylic acids is 2. The van der Waals surface area contributed by atoms with E-state index >= 15 is 0 Å². The standard InChI is InChI=1S/C22H28N6O3/c1-3-27-14-17(12-23-27)21(30)16-7-9-26(10-8-16)20(29)6-4-5-19-24-22(31)18-11-15(2)13-28(18)25-19/h11-14,16H,3-10H2,1-2H3,(H,24,25,31). The van der Waals surface area contributed by atoms with E-state index in [9.17, 15) is 14.4 Å². The largest absolute Gasteiger partial charge is 0.343 e. The number of ketones is 1. The highest BCUT2D eigenvalue weighted by Gasteiger charge is 2.28. The molecule has 3 aromatic heterocycles. The normalized spacial score (nSPS) is 15.0. The molecule has 9 nitrogen and oxygen atoms in total. The van der Waals surface area contributed by atoms with E-state index < -0.39 is 0 Å². The van der Waals surface area contributed by atoms with Crippen molar-refractivity contribution in [2.75, 3.05) is 13.1 Å². The van der Waals surface area contributed by atoms with Crippen LogP contribution < -0.4 is 5.56 Å². The molecule has 1 fully saturated rings. The molecule has 1 saturated heterocycles. The number of nitrogens with one attached hydrogen (secondary N) is 1. The van der Waals surface area contributed by atoms with Gasteiger partial charge in [0.2, 0.25) is 5.91 Å². The third-order valence-electron chi connectivity index (χ3n) is 5.92. The van der Waals surface area contributed by atoms with Gasteiger partial charge >= 0.3 is 0 Å². The fraction of sp³-hybridized carbons (Fsp3) is 0.500. The number of aryl methyl sites for hydroxylation is 3. The Morgan fingerprint density at radius 2 is 2.00 bits per heavy atom. The molecule has 0 spiro atoms. The van der Waals surface area contributed by atoms with E-state index in [4.69, 9.17) is 0 Å². The summed E-state index contributed by atoms with van der Waals surface area (Å²) in [6.07, 6.45) is 8.15. The van der Waals surface area contributed by atoms with Crippen LogP contribution in [-0.4, -0.2) is 54.1 Å². The molecular formula is C22H28N6O3. The fourth-order valence-corrected chi connectivity index (χ4v) is 4.15. The van der Waals surface area contributed by atoms with Crippen LogP contribution in [-0.2, 0) is 17.8 Å². The summed E-state index contributed by atoms with van der Waals surface area (Å²) < 4.78 is 3.35. The van der Waals surface area contributed by atoms with Gasteiger partial charge in [-0.25, -0.2) is 4.52 Å². The molecule has 1 aliphatic heterocycles. The number of aromatic nitrogens is 5.